The summed E-state index contributed by atoms with van der Waals surface area (Å²) in [5.41, 5.74) is 0. The molecule has 0 saturated heterocycles. The molecule has 13 heavy (non-hydrogen) atoms. The monoisotopic (exact) mass is 182 g/mol. The number of rotatable bonds is 3. The van der Waals surface area contributed by atoms with Gasteiger partial charge in [-0.15, -0.1) is 0 Å². The minimum atomic E-state index is 0.388. The SMILES string of the molecule is CCC(=O)C1CCCCC1C(C)C. The number of ketones is 1. The average Bonchev–Trinajstić information content (AvgIpc) is 2.16. The molecule has 2 unspecified atom stereocenters. The van der Waals surface area contributed by atoms with E-state index < -0.39 is 0 Å². The van der Waals surface area contributed by atoms with Gasteiger partial charge in [0.1, 0.15) is 5.78 Å². The Morgan fingerprint density at radius 1 is 1.31 bits per heavy atom. The van der Waals surface area contributed by atoms with Gasteiger partial charge in [0.05, 0.1) is 0 Å². The van der Waals surface area contributed by atoms with Crippen molar-refractivity contribution in [1.82, 2.24) is 0 Å². The molecule has 0 aromatic heterocycles. The van der Waals surface area contributed by atoms with Crippen LogP contribution < -0.4 is 0 Å². The van der Waals surface area contributed by atoms with Gasteiger partial charge in [0.2, 0.25) is 0 Å². The Bertz CT molecular complexity index is 172. The topological polar surface area (TPSA) is 17.1 Å². The lowest BCUT2D eigenvalue weighted by molar-refractivity contribution is -0.126. The fourth-order valence-electron chi connectivity index (χ4n) is 2.62. The molecule has 0 amide bonds. The molecule has 0 spiro atoms. The molecule has 76 valence electrons. The molecular formula is C12H22O. The molecular weight excluding hydrogens is 160 g/mol. The first-order valence-electron chi connectivity index (χ1n) is 5.69. The lowest BCUT2D eigenvalue weighted by atomic mass is 9.71. The summed E-state index contributed by atoms with van der Waals surface area (Å²) in [6.07, 6.45) is 5.74. The first kappa shape index (κ1) is 10.7. The van der Waals surface area contributed by atoms with E-state index in [2.05, 4.69) is 13.8 Å². The highest BCUT2D eigenvalue weighted by Gasteiger charge is 2.31. The third-order valence-electron chi connectivity index (χ3n) is 3.44. The van der Waals surface area contributed by atoms with E-state index in [1.807, 2.05) is 6.92 Å². The summed E-state index contributed by atoms with van der Waals surface area (Å²) in [6, 6.07) is 0. The quantitative estimate of drug-likeness (QED) is 0.653. The predicted octanol–water partition coefficient (Wildman–Crippen LogP) is 3.43. The van der Waals surface area contributed by atoms with E-state index in [9.17, 15) is 4.79 Å². The van der Waals surface area contributed by atoms with Crippen molar-refractivity contribution in [3.63, 3.8) is 0 Å². The molecule has 1 fully saturated rings. The van der Waals surface area contributed by atoms with E-state index in [1.54, 1.807) is 0 Å². The molecule has 0 aromatic rings. The van der Waals surface area contributed by atoms with Crippen molar-refractivity contribution in [2.24, 2.45) is 17.8 Å². The number of Topliss-reactive ketones (excluding diaryl/α,β-unsaturated/α-hetero) is 1. The van der Waals surface area contributed by atoms with Crippen molar-refractivity contribution >= 4 is 5.78 Å². The maximum Gasteiger partial charge on any atom is 0.135 e. The second kappa shape index (κ2) is 4.78. The minimum Gasteiger partial charge on any atom is -0.299 e. The van der Waals surface area contributed by atoms with Crippen molar-refractivity contribution in [3.8, 4) is 0 Å². The van der Waals surface area contributed by atoms with Crippen LogP contribution in [-0.2, 0) is 4.79 Å². The van der Waals surface area contributed by atoms with Crippen LogP contribution in [0.5, 0.6) is 0 Å². The predicted molar refractivity (Wildman–Crippen MR) is 55.6 cm³/mol. The van der Waals surface area contributed by atoms with Crippen molar-refractivity contribution in [2.75, 3.05) is 0 Å². The zero-order valence-corrected chi connectivity index (χ0v) is 9.18. The standard InChI is InChI=1S/C12H22O/c1-4-12(13)11-8-6-5-7-10(11)9(2)3/h9-11H,4-8H2,1-3H3. The minimum absolute atomic E-state index is 0.388. The van der Waals surface area contributed by atoms with E-state index in [0.29, 0.717) is 23.5 Å². The van der Waals surface area contributed by atoms with Crippen LogP contribution in [0.2, 0.25) is 0 Å². The van der Waals surface area contributed by atoms with Crippen molar-refractivity contribution in [3.05, 3.63) is 0 Å². The van der Waals surface area contributed by atoms with Gasteiger partial charge in [-0.3, -0.25) is 4.79 Å². The zero-order chi connectivity index (χ0) is 9.84. The number of hydrogen-bond donors (Lipinski definition) is 0. The molecule has 0 heterocycles. The second-order valence-corrected chi connectivity index (χ2v) is 4.62. The highest BCUT2D eigenvalue weighted by atomic mass is 16.1. The first-order valence-corrected chi connectivity index (χ1v) is 5.69. The molecule has 1 aliphatic carbocycles. The summed E-state index contributed by atoms with van der Waals surface area (Å²) < 4.78 is 0. The molecule has 1 nitrogen and oxygen atoms in total. The number of carbonyl (C=O) groups is 1. The fourth-order valence-corrected chi connectivity index (χ4v) is 2.62. The van der Waals surface area contributed by atoms with Gasteiger partial charge in [0.15, 0.2) is 0 Å². The van der Waals surface area contributed by atoms with Gasteiger partial charge in [-0.25, -0.2) is 0 Å². The summed E-state index contributed by atoms with van der Waals surface area (Å²) in [4.78, 5) is 11.7. The van der Waals surface area contributed by atoms with Gasteiger partial charge >= 0.3 is 0 Å². The smallest absolute Gasteiger partial charge is 0.135 e. The molecule has 1 heteroatoms. The Morgan fingerprint density at radius 3 is 2.46 bits per heavy atom. The third kappa shape index (κ3) is 2.55. The fraction of sp³-hybridized carbons (Fsp3) is 0.917. The number of hydrogen-bond acceptors (Lipinski definition) is 1. The van der Waals surface area contributed by atoms with Gasteiger partial charge < -0.3 is 0 Å². The number of carbonyl (C=O) groups excluding carboxylic acids is 1. The van der Waals surface area contributed by atoms with Crippen LogP contribution in [0.15, 0.2) is 0 Å². The van der Waals surface area contributed by atoms with E-state index in [-0.39, 0.29) is 0 Å². The summed E-state index contributed by atoms with van der Waals surface area (Å²) in [7, 11) is 0. The summed E-state index contributed by atoms with van der Waals surface area (Å²) in [6.45, 7) is 6.51. The lowest BCUT2D eigenvalue weighted by Gasteiger charge is -2.33. The molecule has 0 aliphatic heterocycles. The van der Waals surface area contributed by atoms with E-state index >= 15 is 0 Å². The van der Waals surface area contributed by atoms with E-state index in [4.69, 9.17) is 0 Å². The molecule has 2 atom stereocenters. The third-order valence-corrected chi connectivity index (χ3v) is 3.44. The zero-order valence-electron chi connectivity index (χ0n) is 9.18. The Morgan fingerprint density at radius 2 is 1.92 bits per heavy atom. The normalized spacial score (nSPS) is 29.2. The van der Waals surface area contributed by atoms with E-state index in [1.165, 1.54) is 19.3 Å². The van der Waals surface area contributed by atoms with Crippen molar-refractivity contribution in [2.45, 2.75) is 52.9 Å². The molecule has 0 bridgehead atoms. The highest BCUT2D eigenvalue weighted by molar-refractivity contribution is 5.81. The van der Waals surface area contributed by atoms with Crippen LogP contribution in [0.4, 0.5) is 0 Å². The van der Waals surface area contributed by atoms with Gasteiger partial charge in [-0.05, 0) is 24.7 Å². The van der Waals surface area contributed by atoms with Crippen LogP contribution in [0, 0.1) is 17.8 Å². The Hall–Kier alpha value is -0.330. The second-order valence-electron chi connectivity index (χ2n) is 4.62. The lowest BCUT2D eigenvalue weighted by Crippen LogP contribution is -2.30. The van der Waals surface area contributed by atoms with Gasteiger partial charge in [0, 0.05) is 12.3 Å². The van der Waals surface area contributed by atoms with Crippen LogP contribution >= 0.6 is 0 Å². The largest absolute Gasteiger partial charge is 0.299 e. The first-order chi connectivity index (χ1) is 6.16. The summed E-state index contributed by atoms with van der Waals surface area (Å²) >= 11 is 0. The van der Waals surface area contributed by atoms with Crippen molar-refractivity contribution in [1.29, 1.82) is 0 Å². The van der Waals surface area contributed by atoms with E-state index in [0.717, 1.165) is 12.8 Å². The van der Waals surface area contributed by atoms with Crippen LogP contribution in [0.25, 0.3) is 0 Å². The van der Waals surface area contributed by atoms with Gasteiger partial charge in [-0.1, -0.05) is 33.6 Å². The Balaban J connectivity index is 2.61. The molecule has 0 aromatic carbocycles. The van der Waals surface area contributed by atoms with Crippen LogP contribution in [0.3, 0.4) is 0 Å². The van der Waals surface area contributed by atoms with Gasteiger partial charge in [-0.2, -0.15) is 0 Å². The summed E-state index contributed by atoms with van der Waals surface area (Å²) in [5.74, 6) is 2.24. The molecule has 0 N–H and O–H groups in total. The van der Waals surface area contributed by atoms with Gasteiger partial charge in [0.25, 0.3) is 0 Å². The Kier molecular flexibility index (Phi) is 3.95. The highest BCUT2D eigenvalue weighted by Crippen LogP contribution is 2.35. The maximum absolute atomic E-state index is 11.7. The molecule has 0 radical (unpaired) electrons. The maximum atomic E-state index is 11.7. The summed E-state index contributed by atoms with van der Waals surface area (Å²) in [5, 5.41) is 0. The van der Waals surface area contributed by atoms with Crippen LogP contribution in [-0.4, -0.2) is 5.78 Å². The Labute approximate surface area is 81.9 Å². The molecule has 1 aliphatic rings. The average molecular weight is 182 g/mol. The van der Waals surface area contributed by atoms with Crippen molar-refractivity contribution < 1.29 is 4.79 Å². The molecule has 1 rings (SSSR count). The van der Waals surface area contributed by atoms with Crippen LogP contribution in [0.1, 0.15) is 52.9 Å². The molecule has 1 saturated carbocycles.